The number of carbonyl (C=O) groups is 1. The Morgan fingerprint density at radius 2 is 1.50 bits per heavy atom. The smallest absolute Gasteiger partial charge is 0.263 e. The molecule has 1 unspecified atom stereocenters. The summed E-state index contributed by atoms with van der Waals surface area (Å²) in [6.45, 7) is 2.77. The lowest BCUT2D eigenvalue weighted by molar-refractivity contribution is -0.137. The summed E-state index contributed by atoms with van der Waals surface area (Å²) < 4.78 is 33.6. The highest BCUT2D eigenvalue weighted by atomic mass is 32.2. The topological polar surface area (TPSA) is 66.9 Å². The number of sulfonamides is 1. The molecule has 0 aromatic heterocycles. The first-order valence-corrected chi connectivity index (χ1v) is 12.1. The Bertz CT molecular complexity index is 808. The van der Waals surface area contributed by atoms with Crippen molar-refractivity contribution in [2.24, 2.45) is 0 Å². The zero-order valence-corrected chi connectivity index (χ0v) is 17.3. The van der Waals surface area contributed by atoms with Crippen molar-refractivity contribution in [2.75, 3.05) is 26.2 Å². The lowest BCUT2D eigenvalue weighted by Gasteiger charge is -2.23. The first kappa shape index (κ1) is 19.7. The van der Waals surface area contributed by atoms with Crippen molar-refractivity contribution in [3.8, 4) is 5.75 Å². The highest BCUT2D eigenvalue weighted by Gasteiger charge is 2.34. The second-order valence-electron chi connectivity index (χ2n) is 8.14. The van der Waals surface area contributed by atoms with E-state index < -0.39 is 16.1 Å². The van der Waals surface area contributed by atoms with Gasteiger partial charge in [0.2, 0.25) is 10.0 Å². The van der Waals surface area contributed by atoms with Gasteiger partial charge >= 0.3 is 0 Å². The van der Waals surface area contributed by atoms with E-state index >= 15 is 0 Å². The average Bonchev–Trinajstić information content (AvgIpc) is 2.90. The Morgan fingerprint density at radius 1 is 0.893 bits per heavy atom. The second-order valence-corrected chi connectivity index (χ2v) is 10.1. The molecule has 2 saturated heterocycles. The van der Waals surface area contributed by atoms with Gasteiger partial charge in [0.15, 0.2) is 6.10 Å². The molecule has 28 heavy (non-hydrogen) atoms. The number of amides is 1. The van der Waals surface area contributed by atoms with Crippen molar-refractivity contribution in [1.29, 1.82) is 0 Å². The largest absolute Gasteiger partial charge is 0.480 e. The Hall–Kier alpha value is -1.60. The van der Waals surface area contributed by atoms with Gasteiger partial charge in [-0.3, -0.25) is 4.79 Å². The number of benzene rings is 1. The number of likely N-dealkylation sites (tertiary alicyclic amines) is 1. The fourth-order valence-electron chi connectivity index (χ4n) is 4.45. The summed E-state index contributed by atoms with van der Waals surface area (Å²) in [5.41, 5.74) is 0.823. The van der Waals surface area contributed by atoms with E-state index in [-0.39, 0.29) is 5.91 Å². The molecule has 2 fully saturated rings. The Labute approximate surface area is 167 Å². The molecule has 3 aliphatic heterocycles. The third-order valence-electron chi connectivity index (χ3n) is 6.10. The Morgan fingerprint density at radius 3 is 2.14 bits per heavy atom. The quantitative estimate of drug-likeness (QED) is 0.774. The molecule has 7 heteroatoms. The molecular formula is C21H30N2O4S. The summed E-state index contributed by atoms with van der Waals surface area (Å²) in [6.07, 6.45) is 8.37. The zero-order valence-electron chi connectivity index (χ0n) is 16.4. The monoisotopic (exact) mass is 406 g/mol. The van der Waals surface area contributed by atoms with E-state index in [1.54, 1.807) is 22.5 Å². The van der Waals surface area contributed by atoms with Gasteiger partial charge in [-0.1, -0.05) is 25.7 Å². The molecule has 6 nitrogen and oxygen atoms in total. The van der Waals surface area contributed by atoms with Gasteiger partial charge in [0.1, 0.15) is 5.75 Å². The molecule has 154 valence electrons. The van der Waals surface area contributed by atoms with E-state index in [4.69, 9.17) is 4.74 Å². The number of hydrogen-bond acceptors (Lipinski definition) is 4. The van der Waals surface area contributed by atoms with Gasteiger partial charge in [-0.25, -0.2) is 8.42 Å². The maximum Gasteiger partial charge on any atom is 0.263 e. The molecule has 1 aromatic rings. The fraction of sp³-hybridized carbons (Fsp3) is 0.667. The summed E-state index contributed by atoms with van der Waals surface area (Å²) in [5.74, 6) is 0.679. The highest BCUT2D eigenvalue weighted by Crippen LogP contribution is 2.33. The molecule has 0 spiro atoms. The van der Waals surface area contributed by atoms with Gasteiger partial charge in [-0.2, -0.15) is 4.31 Å². The van der Waals surface area contributed by atoms with E-state index in [1.807, 2.05) is 4.90 Å². The molecule has 0 N–H and O–H groups in total. The van der Waals surface area contributed by atoms with Gasteiger partial charge in [-0.15, -0.1) is 0 Å². The summed E-state index contributed by atoms with van der Waals surface area (Å²) >= 11 is 0. The van der Waals surface area contributed by atoms with E-state index in [2.05, 4.69) is 0 Å². The van der Waals surface area contributed by atoms with Crippen LogP contribution in [0, 0.1) is 0 Å². The van der Waals surface area contributed by atoms with Gasteiger partial charge in [0.25, 0.3) is 5.91 Å². The minimum Gasteiger partial charge on any atom is -0.480 e. The normalized spacial score (nSPS) is 24.1. The molecule has 4 rings (SSSR count). The molecule has 0 bridgehead atoms. The molecule has 0 radical (unpaired) electrons. The molecule has 1 atom stereocenters. The van der Waals surface area contributed by atoms with E-state index in [0.717, 1.165) is 57.2 Å². The third kappa shape index (κ3) is 4.06. The lowest BCUT2D eigenvalue weighted by atomic mass is 10.1. The van der Waals surface area contributed by atoms with Gasteiger partial charge in [-0.05, 0) is 49.4 Å². The second kappa shape index (κ2) is 8.41. The van der Waals surface area contributed by atoms with Crippen molar-refractivity contribution in [1.82, 2.24) is 9.21 Å². The van der Waals surface area contributed by atoms with Crippen LogP contribution in [-0.4, -0.2) is 55.8 Å². The maximum absolute atomic E-state index is 13.1. The molecule has 3 aliphatic rings. The van der Waals surface area contributed by atoms with Gasteiger partial charge < -0.3 is 9.64 Å². The number of carbonyl (C=O) groups excluding carboxylic acids is 1. The first-order valence-electron chi connectivity index (χ1n) is 10.6. The number of rotatable bonds is 3. The van der Waals surface area contributed by atoms with E-state index in [0.29, 0.717) is 30.2 Å². The van der Waals surface area contributed by atoms with Crippen LogP contribution in [0.5, 0.6) is 5.75 Å². The Kier molecular flexibility index (Phi) is 5.92. The van der Waals surface area contributed by atoms with Crippen molar-refractivity contribution < 1.29 is 17.9 Å². The van der Waals surface area contributed by atoms with Crippen LogP contribution in [-0.2, 0) is 21.2 Å². The van der Waals surface area contributed by atoms with Gasteiger partial charge in [0.05, 0.1) is 4.90 Å². The molecular weight excluding hydrogens is 376 g/mol. The van der Waals surface area contributed by atoms with Crippen molar-refractivity contribution >= 4 is 15.9 Å². The number of ether oxygens (including phenoxy) is 1. The summed E-state index contributed by atoms with van der Waals surface area (Å²) in [6, 6.07) is 5.05. The molecule has 3 heterocycles. The van der Waals surface area contributed by atoms with Gasteiger partial charge in [0, 0.05) is 32.6 Å². The average molecular weight is 407 g/mol. The van der Waals surface area contributed by atoms with E-state index in [9.17, 15) is 13.2 Å². The lowest BCUT2D eigenvalue weighted by Crippen LogP contribution is -2.41. The zero-order chi connectivity index (χ0) is 19.6. The molecule has 0 aliphatic carbocycles. The van der Waals surface area contributed by atoms with E-state index in [1.165, 1.54) is 12.8 Å². The Balaban J connectivity index is 1.49. The third-order valence-corrected chi connectivity index (χ3v) is 8.00. The van der Waals surface area contributed by atoms with Crippen molar-refractivity contribution in [2.45, 2.75) is 68.8 Å². The summed E-state index contributed by atoms with van der Waals surface area (Å²) in [5, 5.41) is 0. The van der Waals surface area contributed by atoms with Crippen LogP contribution in [0.1, 0.15) is 56.9 Å². The first-order chi connectivity index (χ1) is 13.6. The minimum atomic E-state index is -3.49. The predicted molar refractivity (Wildman–Crippen MR) is 107 cm³/mol. The number of fused-ring (bicyclic) bond motifs is 1. The maximum atomic E-state index is 13.1. The minimum absolute atomic E-state index is 0.0371. The highest BCUT2D eigenvalue weighted by molar-refractivity contribution is 7.89. The molecule has 1 amide bonds. The number of hydrogen-bond donors (Lipinski definition) is 0. The van der Waals surface area contributed by atoms with Crippen LogP contribution in [0.2, 0.25) is 0 Å². The summed E-state index contributed by atoms with van der Waals surface area (Å²) in [7, 11) is -3.49. The van der Waals surface area contributed by atoms with Crippen LogP contribution in [0.15, 0.2) is 23.1 Å². The predicted octanol–water partition coefficient (Wildman–Crippen LogP) is 2.96. The van der Waals surface area contributed by atoms with Crippen LogP contribution >= 0.6 is 0 Å². The summed E-state index contributed by atoms with van der Waals surface area (Å²) in [4.78, 5) is 15.1. The molecule has 1 aromatic carbocycles. The number of nitrogens with zero attached hydrogens (tertiary/aromatic N) is 2. The van der Waals surface area contributed by atoms with Crippen LogP contribution in [0.25, 0.3) is 0 Å². The van der Waals surface area contributed by atoms with Crippen LogP contribution in [0.3, 0.4) is 0 Å². The SMILES string of the molecule is O=C(C1Cc2cc(S(=O)(=O)N3CCCCCC3)ccc2O1)N1CCCCCC1. The van der Waals surface area contributed by atoms with Crippen molar-refractivity contribution in [3.05, 3.63) is 23.8 Å². The van der Waals surface area contributed by atoms with Crippen LogP contribution in [0.4, 0.5) is 0 Å². The van der Waals surface area contributed by atoms with Crippen molar-refractivity contribution in [3.63, 3.8) is 0 Å². The van der Waals surface area contributed by atoms with Crippen LogP contribution < -0.4 is 4.74 Å². The standard InChI is InChI=1S/C21H30N2O4S/c24-21(22-11-5-1-2-6-12-22)20-16-17-15-18(9-10-19(17)27-20)28(25,26)23-13-7-3-4-8-14-23/h9-10,15,20H,1-8,11-14,16H2. The molecule has 0 saturated carbocycles. The fourth-order valence-corrected chi connectivity index (χ4v) is 6.02.